The van der Waals surface area contributed by atoms with Crippen LogP contribution in [-0.2, 0) is 9.53 Å². The van der Waals surface area contributed by atoms with Crippen molar-refractivity contribution in [1.82, 2.24) is 5.32 Å². The molecule has 1 aromatic heterocycles. The molecule has 0 saturated carbocycles. The summed E-state index contributed by atoms with van der Waals surface area (Å²) in [7, 11) is 1.75. The first-order valence-electron chi connectivity index (χ1n) is 10.5. The van der Waals surface area contributed by atoms with Crippen molar-refractivity contribution in [2.24, 2.45) is 0 Å². The Morgan fingerprint density at radius 1 is 1.07 bits per heavy atom. The number of aliphatic carboxylic acids is 1. The number of carbonyl (C=O) groups is 2. The van der Waals surface area contributed by atoms with E-state index >= 15 is 0 Å². The molecule has 0 aliphatic carbocycles. The van der Waals surface area contributed by atoms with E-state index in [1.807, 2.05) is 30.3 Å². The predicted molar refractivity (Wildman–Crippen MR) is 122 cm³/mol. The smallest absolute Gasteiger partial charge is 0.338 e. The largest absolute Gasteiger partial charge is 0.479 e. The van der Waals surface area contributed by atoms with E-state index in [1.165, 1.54) is 30.6 Å². The number of hydrogen-bond acceptors (Lipinski definition) is 4. The van der Waals surface area contributed by atoms with Crippen molar-refractivity contribution in [1.29, 1.82) is 0 Å². The zero-order valence-electron chi connectivity index (χ0n) is 18.0. The summed E-state index contributed by atoms with van der Waals surface area (Å²) in [5.74, 6) is -0.987. The van der Waals surface area contributed by atoms with Crippen molar-refractivity contribution in [3.05, 3.63) is 41.3 Å². The van der Waals surface area contributed by atoms with Crippen LogP contribution in [0.15, 0.2) is 36.4 Å². The molecule has 0 fully saturated rings. The average molecular weight is 433 g/mol. The molecule has 1 atom stereocenters. The van der Waals surface area contributed by atoms with E-state index in [9.17, 15) is 14.7 Å². The van der Waals surface area contributed by atoms with E-state index < -0.39 is 12.1 Å². The van der Waals surface area contributed by atoms with Crippen LogP contribution in [0.3, 0.4) is 0 Å². The third-order valence-corrected chi connectivity index (χ3v) is 6.02. The van der Waals surface area contributed by atoms with Crippen molar-refractivity contribution in [3.8, 4) is 10.4 Å². The van der Waals surface area contributed by atoms with Gasteiger partial charge in [-0.25, -0.2) is 9.59 Å². The Morgan fingerprint density at radius 3 is 2.40 bits per heavy atom. The first-order valence-corrected chi connectivity index (χ1v) is 11.4. The lowest BCUT2D eigenvalue weighted by atomic mass is 10.1. The van der Waals surface area contributed by atoms with Crippen molar-refractivity contribution in [3.63, 3.8) is 0 Å². The number of benzene rings is 1. The second kappa shape index (κ2) is 12.3. The van der Waals surface area contributed by atoms with E-state index in [4.69, 9.17) is 4.74 Å². The fourth-order valence-corrected chi connectivity index (χ4v) is 4.16. The van der Waals surface area contributed by atoms with Crippen LogP contribution in [0, 0.1) is 0 Å². The Hall–Kier alpha value is -2.38. The number of amides is 2. The molecule has 1 unspecified atom stereocenters. The zero-order chi connectivity index (χ0) is 21.9. The summed E-state index contributed by atoms with van der Waals surface area (Å²) in [5.41, 5.74) is 1.78. The predicted octanol–water partition coefficient (Wildman–Crippen LogP) is 5.69. The Kier molecular flexibility index (Phi) is 9.83. The normalized spacial score (nSPS) is 11.8. The summed E-state index contributed by atoms with van der Waals surface area (Å²) in [5, 5.41) is 12.3. The molecule has 0 radical (unpaired) electrons. The van der Waals surface area contributed by atoms with Crippen LogP contribution in [0.5, 0.6) is 0 Å². The molecule has 1 heterocycles. The molecule has 1 aromatic carbocycles. The molecule has 0 aliphatic rings. The summed E-state index contributed by atoms with van der Waals surface area (Å²) in [6.07, 6.45) is 4.87. The number of anilines is 1. The standard InChI is InChI=1S/C23H32N2O4S/c1-4-6-7-8-9-16-24-23(28)25(3)18-12-10-17(11-13-18)19-14-15-20(30-19)21(22(26)27)29-5-2/h10-15,21H,4-9,16H2,1-3H3,(H,24,28)(H,26,27). The first kappa shape index (κ1) is 23.9. The lowest BCUT2D eigenvalue weighted by Gasteiger charge is -2.18. The topological polar surface area (TPSA) is 78.9 Å². The Morgan fingerprint density at radius 2 is 1.77 bits per heavy atom. The lowest BCUT2D eigenvalue weighted by molar-refractivity contribution is -0.150. The van der Waals surface area contributed by atoms with Crippen LogP contribution in [0.1, 0.15) is 56.9 Å². The van der Waals surface area contributed by atoms with E-state index in [0.717, 1.165) is 29.0 Å². The number of rotatable bonds is 12. The Labute approximate surface area is 182 Å². The van der Waals surface area contributed by atoms with Crippen LogP contribution in [0.2, 0.25) is 0 Å². The maximum absolute atomic E-state index is 12.3. The lowest BCUT2D eigenvalue weighted by Crippen LogP contribution is -2.37. The highest BCUT2D eigenvalue weighted by atomic mass is 32.1. The van der Waals surface area contributed by atoms with E-state index in [1.54, 1.807) is 24.9 Å². The minimum absolute atomic E-state index is 0.113. The average Bonchev–Trinajstić information content (AvgIpc) is 3.23. The number of nitrogens with zero attached hydrogens (tertiary/aromatic N) is 1. The van der Waals surface area contributed by atoms with E-state index in [0.29, 0.717) is 18.0 Å². The highest BCUT2D eigenvalue weighted by molar-refractivity contribution is 7.15. The molecule has 0 bridgehead atoms. The number of ether oxygens (including phenoxy) is 1. The molecule has 164 valence electrons. The molecule has 2 aromatic rings. The monoisotopic (exact) mass is 432 g/mol. The van der Waals surface area contributed by atoms with Crippen LogP contribution in [-0.4, -0.2) is 37.3 Å². The summed E-state index contributed by atoms with van der Waals surface area (Å²) < 4.78 is 5.33. The summed E-state index contributed by atoms with van der Waals surface area (Å²) in [4.78, 5) is 27.0. The van der Waals surface area contributed by atoms with Gasteiger partial charge in [0.15, 0.2) is 6.10 Å². The molecule has 2 rings (SSSR count). The maximum Gasteiger partial charge on any atom is 0.338 e. The zero-order valence-corrected chi connectivity index (χ0v) is 18.8. The molecule has 2 N–H and O–H groups in total. The van der Waals surface area contributed by atoms with Crippen molar-refractivity contribution in [2.75, 3.05) is 25.1 Å². The van der Waals surface area contributed by atoms with Gasteiger partial charge < -0.3 is 15.2 Å². The number of carboxylic acids is 1. The van der Waals surface area contributed by atoms with Gasteiger partial charge in [0, 0.05) is 35.6 Å². The summed E-state index contributed by atoms with van der Waals surface area (Å²) in [6.45, 7) is 4.99. The van der Waals surface area contributed by atoms with Gasteiger partial charge in [0.25, 0.3) is 0 Å². The van der Waals surface area contributed by atoms with Gasteiger partial charge >= 0.3 is 12.0 Å². The molecule has 2 amide bonds. The highest BCUT2D eigenvalue weighted by Crippen LogP contribution is 2.33. The van der Waals surface area contributed by atoms with Crippen LogP contribution in [0.4, 0.5) is 10.5 Å². The van der Waals surface area contributed by atoms with Gasteiger partial charge in [0.1, 0.15) is 0 Å². The highest BCUT2D eigenvalue weighted by Gasteiger charge is 2.22. The minimum atomic E-state index is -0.987. The molecular formula is C23H32N2O4S. The number of nitrogens with one attached hydrogen (secondary N) is 1. The Bertz CT molecular complexity index is 804. The number of carboxylic acid groups (broad SMARTS) is 1. The molecular weight excluding hydrogens is 400 g/mol. The van der Waals surface area contributed by atoms with Gasteiger partial charge in [-0.2, -0.15) is 0 Å². The van der Waals surface area contributed by atoms with E-state index in [2.05, 4.69) is 12.2 Å². The number of carbonyl (C=O) groups excluding carboxylic acids is 1. The molecule has 7 heteroatoms. The number of hydrogen-bond donors (Lipinski definition) is 2. The third kappa shape index (κ3) is 6.85. The maximum atomic E-state index is 12.3. The molecule has 6 nitrogen and oxygen atoms in total. The van der Waals surface area contributed by atoms with E-state index in [-0.39, 0.29) is 6.03 Å². The molecule has 0 aliphatic heterocycles. The van der Waals surface area contributed by atoms with Gasteiger partial charge in [-0.15, -0.1) is 11.3 Å². The number of unbranched alkanes of at least 4 members (excludes halogenated alkanes) is 4. The molecule has 0 spiro atoms. The van der Waals surface area contributed by atoms with Crippen LogP contribution in [0.25, 0.3) is 10.4 Å². The molecule has 0 saturated heterocycles. The quantitative estimate of drug-likeness (QED) is 0.422. The second-order valence-electron chi connectivity index (χ2n) is 7.13. The summed E-state index contributed by atoms with van der Waals surface area (Å²) >= 11 is 1.40. The first-order chi connectivity index (χ1) is 14.5. The van der Waals surface area contributed by atoms with Crippen molar-refractivity contribution in [2.45, 2.75) is 52.1 Å². The van der Waals surface area contributed by atoms with Crippen molar-refractivity contribution >= 4 is 29.0 Å². The van der Waals surface area contributed by atoms with Gasteiger partial charge in [-0.05, 0) is 43.2 Å². The van der Waals surface area contributed by atoms with Crippen LogP contribution < -0.4 is 10.2 Å². The fourth-order valence-electron chi connectivity index (χ4n) is 3.10. The summed E-state index contributed by atoms with van der Waals surface area (Å²) in [6, 6.07) is 11.3. The second-order valence-corrected chi connectivity index (χ2v) is 8.24. The molecule has 30 heavy (non-hydrogen) atoms. The van der Waals surface area contributed by atoms with Crippen LogP contribution >= 0.6 is 11.3 Å². The fraction of sp³-hybridized carbons (Fsp3) is 0.478. The minimum Gasteiger partial charge on any atom is -0.479 e. The number of urea groups is 1. The van der Waals surface area contributed by atoms with Gasteiger partial charge in [0.2, 0.25) is 0 Å². The third-order valence-electron chi connectivity index (χ3n) is 4.84. The number of thiophene rings is 1. The van der Waals surface area contributed by atoms with Crippen molar-refractivity contribution < 1.29 is 19.4 Å². The van der Waals surface area contributed by atoms with Gasteiger partial charge in [-0.1, -0.05) is 44.7 Å². The SMILES string of the molecule is CCCCCCCNC(=O)N(C)c1ccc(-c2ccc(C(OCC)C(=O)O)s2)cc1. The van der Waals surface area contributed by atoms with Gasteiger partial charge in [0.05, 0.1) is 0 Å². The van der Waals surface area contributed by atoms with Gasteiger partial charge in [-0.3, -0.25) is 4.90 Å². The Balaban J connectivity index is 1.94.